The maximum atomic E-state index is 13.0. The third-order valence-corrected chi connectivity index (χ3v) is 1.99. The molecule has 0 heterocycles. The Morgan fingerprint density at radius 1 is 1.30 bits per heavy atom. The molecule has 20 heavy (non-hydrogen) atoms. The second-order valence-corrected chi connectivity index (χ2v) is 3.50. The lowest BCUT2D eigenvalue weighted by Gasteiger charge is -2.11. The Hall–Kier alpha value is -2.32. The summed E-state index contributed by atoms with van der Waals surface area (Å²) < 4.78 is 56.8. The van der Waals surface area contributed by atoms with E-state index in [9.17, 15) is 27.2 Å². The third kappa shape index (κ3) is 4.75. The van der Waals surface area contributed by atoms with Crippen LogP contribution in [0, 0.1) is 5.82 Å². The molecule has 0 spiro atoms. The fourth-order valence-corrected chi connectivity index (χ4v) is 1.20. The van der Waals surface area contributed by atoms with Gasteiger partial charge in [0, 0.05) is 0 Å². The number of carbonyl (C=O) groups excluding carboxylic acids is 2. The Morgan fingerprint density at radius 3 is 2.50 bits per heavy atom. The van der Waals surface area contributed by atoms with E-state index in [-0.39, 0.29) is 11.3 Å². The van der Waals surface area contributed by atoms with E-state index in [4.69, 9.17) is 0 Å². The van der Waals surface area contributed by atoms with Gasteiger partial charge in [0.05, 0.1) is 18.4 Å². The topological polar surface area (TPSA) is 64.6 Å². The summed E-state index contributed by atoms with van der Waals surface area (Å²) in [6, 6.07) is 2.69. The van der Waals surface area contributed by atoms with Crippen LogP contribution in [0.15, 0.2) is 18.2 Å². The van der Waals surface area contributed by atoms with Crippen molar-refractivity contribution in [2.75, 3.05) is 19.0 Å². The minimum atomic E-state index is -4.69. The van der Waals surface area contributed by atoms with Gasteiger partial charge in [-0.2, -0.15) is 13.2 Å². The van der Waals surface area contributed by atoms with Gasteiger partial charge in [-0.25, -0.2) is 14.0 Å². The molecular formula is C11H9F4NO4. The number of nitrogens with one attached hydrogen (secondary N) is 1. The molecule has 1 aromatic rings. The smallest absolute Gasteiger partial charge is 0.422 e. The zero-order chi connectivity index (χ0) is 15.3. The van der Waals surface area contributed by atoms with Crippen LogP contribution in [0.1, 0.15) is 10.4 Å². The van der Waals surface area contributed by atoms with Crippen LogP contribution in [0.5, 0.6) is 0 Å². The lowest BCUT2D eigenvalue weighted by Crippen LogP contribution is -2.24. The number of esters is 1. The number of anilines is 1. The first-order valence-electron chi connectivity index (χ1n) is 5.11. The van der Waals surface area contributed by atoms with Gasteiger partial charge in [0.15, 0.2) is 6.61 Å². The maximum absolute atomic E-state index is 13.0. The summed E-state index contributed by atoms with van der Waals surface area (Å²) in [6.07, 6.45) is -6.16. The second kappa shape index (κ2) is 6.22. The molecule has 1 amide bonds. The van der Waals surface area contributed by atoms with Crippen molar-refractivity contribution < 1.29 is 36.6 Å². The first kappa shape index (κ1) is 15.7. The molecule has 0 fully saturated rings. The van der Waals surface area contributed by atoms with Crippen molar-refractivity contribution in [1.82, 2.24) is 0 Å². The molecule has 1 aromatic carbocycles. The van der Waals surface area contributed by atoms with Gasteiger partial charge in [0.1, 0.15) is 5.82 Å². The summed E-state index contributed by atoms with van der Waals surface area (Å²) in [5.74, 6) is -1.69. The lowest BCUT2D eigenvalue weighted by atomic mass is 10.2. The number of benzene rings is 1. The van der Waals surface area contributed by atoms with Crippen LogP contribution in [0.4, 0.5) is 28.0 Å². The fraction of sp³-hybridized carbons (Fsp3) is 0.273. The normalized spacial score (nSPS) is 10.8. The zero-order valence-electron chi connectivity index (χ0n) is 10.1. The number of hydrogen-bond donors (Lipinski definition) is 1. The molecule has 0 aromatic heterocycles. The van der Waals surface area contributed by atoms with Gasteiger partial charge < -0.3 is 9.47 Å². The molecule has 5 nitrogen and oxygen atoms in total. The van der Waals surface area contributed by atoms with Crippen LogP contribution >= 0.6 is 0 Å². The van der Waals surface area contributed by atoms with E-state index in [1.54, 1.807) is 0 Å². The fourth-order valence-electron chi connectivity index (χ4n) is 1.20. The average molecular weight is 295 g/mol. The summed E-state index contributed by atoms with van der Waals surface area (Å²) in [6.45, 7) is -1.80. The van der Waals surface area contributed by atoms with E-state index in [0.29, 0.717) is 0 Å². The van der Waals surface area contributed by atoms with Crippen LogP contribution in [0.2, 0.25) is 0 Å². The minimum absolute atomic E-state index is 0.224. The molecule has 110 valence electrons. The molecule has 1 rings (SSSR count). The second-order valence-electron chi connectivity index (χ2n) is 3.50. The Labute approximate surface area is 110 Å². The quantitative estimate of drug-likeness (QED) is 0.688. The molecular weight excluding hydrogens is 286 g/mol. The van der Waals surface area contributed by atoms with Gasteiger partial charge >= 0.3 is 18.2 Å². The number of hydrogen-bond acceptors (Lipinski definition) is 4. The largest absolute Gasteiger partial charge is 0.465 e. The van der Waals surface area contributed by atoms with Crippen molar-refractivity contribution in [1.29, 1.82) is 0 Å². The van der Waals surface area contributed by atoms with Crippen molar-refractivity contribution in [2.45, 2.75) is 6.18 Å². The molecule has 0 aliphatic carbocycles. The van der Waals surface area contributed by atoms with Gasteiger partial charge in [-0.15, -0.1) is 0 Å². The van der Waals surface area contributed by atoms with Gasteiger partial charge in [-0.1, -0.05) is 0 Å². The predicted octanol–water partition coefficient (Wildman–Crippen LogP) is 2.72. The SMILES string of the molecule is COC(=O)c1ccc(F)cc1NC(=O)OCC(F)(F)F. The molecule has 0 unspecified atom stereocenters. The Kier molecular flexibility index (Phi) is 4.89. The highest BCUT2D eigenvalue weighted by Gasteiger charge is 2.29. The van der Waals surface area contributed by atoms with Crippen LogP contribution in [-0.2, 0) is 9.47 Å². The van der Waals surface area contributed by atoms with Crippen molar-refractivity contribution in [3.63, 3.8) is 0 Å². The number of ether oxygens (including phenoxy) is 2. The molecule has 0 saturated carbocycles. The summed E-state index contributed by atoms with van der Waals surface area (Å²) in [5.41, 5.74) is -0.582. The van der Waals surface area contributed by atoms with Gasteiger partial charge in [-0.3, -0.25) is 5.32 Å². The van der Waals surface area contributed by atoms with Crippen LogP contribution in [-0.4, -0.2) is 32.0 Å². The van der Waals surface area contributed by atoms with Crippen molar-refractivity contribution >= 4 is 17.7 Å². The van der Waals surface area contributed by atoms with E-state index in [1.165, 1.54) is 0 Å². The van der Waals surface area contributed by atoms with E-state index in [0.717, 1.165) is 25.3 Å². The van der Waals surface area contributed by atoms with Crippen molar-refractivity contribution in [3.8, 4) is 0 Å². The van der Waals surface area contributed by atoms with Gasteiger partial charge in [0.25, 0.3) is 0 Å². The Balaban J connectivity index is 2.83. The van der Waals surface area contributed by atoms with E-state index < -0.39 is 30.7 Å². The third-order valence-electron chi connectivity index (χ3n) is 1.99. The van der Waals surface area contributed by atoms with Crippen molar-refractivity contribution in [3.05, 3.63) is 29.6 Å². The molecule has 0 aliphatic heterocycles. The zero-order valence-corrected chi connectivity index (χ0v) is 10.1. The van der Waals surface area contributed by atoms with Crippen LogP contribution < -0.4 is 5.32 Å². The Morgan fingerprint density at radius 2 is 1.95 bits per heavy atom. The van der Waals surface area contributed by atoms with Crippen LogP contribution in [0.3, 0.4) is 0 Å². The summed E-state index contributed by atoms with van der Waals surface area (Å²) >= 11 is 0. The van der Waals surface area contributed by atoms with Crippen LogP contribution in [0.25, 0.3) is 0 Å². The van der Waals surface area contributed by atoms with E-state index in [2.05, 4.69) is 9.47 Å². The standard InChI is InChI=1S/C11H9F4NO4/c1-19-9(17)7-3-2-6(12)4-8(7)16-10(18)20-5-11(13,14)15/h2-4H,5H2,1H3,(H,16,18). The van der Waals surface area contributed by atoms with E-state index >= 15 is 0 Å². The highest BCUT2D eigenvalue weighted by atomic mass is 19.4. The average Bonchev–Trinajstić information content (AvgIpc) is 2.35. The van der Waals surface area contributed by atoms with E-state index in [1.807, 2.05) is 5.32 Å². The maximum Gasteiger partial charge on any atom is 0.422 e. The van der Waals surface area contributed by atoms with Gasteiger partial charge in [-0.05, 0) is 18.2 Å². The monoisotopic (exact) mass is 295 g/mol. The lowest BCUT2D eigenvalue weighted by molar-refractivity contribution is -0.159. The number of amides is 1. The number of rotatable bonds is 3. The molecule has 1 N–H and O–H groups in total. The molecule has 0 aliphatic rings. The first-order chi connectivity index (χ1) is 9.23. The number of halogens is 4. The molecule has 0 radical (unpaired) electrons. The predicted molar refractivity (Wildman–Crippen MR) is 58.8 cm³/mol. The Bertz CT molecular complexity index is 516. The highest BCUT2D eigenvalue weighted by Crippen LogP contribution is 2.19. The van der Waals surface area contributed by atoms with Gasteiger partial charge in [0.2, 0.25) is 0 Å². The molecule has 9 heteroatoms. The summed E-state index contributed by atoms with van der Waals surface area (Å²) in [5, 5.41) is 1.84. The molecule has 0 saturated heterocycles. The van der Waals surface area contributed by atoms with Crippen molar-refractivity contribution in [2.24, 2.45) is 0 Å². The summed E-state index contributed by atoms with van der Waals surface area (Å²) in [7, 11) is 1.05. The minimum Gasteiger partial charge on any atom is -0.465 e. The summed E-state index contributed by atoms with van der Waals surface area (Å²) in [4.78, 5) is 22.5. The highest BCUT2D eigenvalue weighted by molar-refractivity contribution is 5.99. The molecule has 0 atom stereocenters. The molecule has 0 bridgehead atoms. The number of carbonyl (C=O) groups is 2. The number of alkyl halides is 3. The first-order valence-corrected chi connectivity index (χ1v) is 5.11. The number of methoxy groups -OCH3 is 1.